The summed E-state index contributed by atoms with van der Waals surface area (Å²) in [5.74, 6) is 1.56. The first kappa shape index (κ1) is 22.4. The van der Waals surface area contributed by atoms with E-state index in [0.29, 0.717) is 38.2 Å². The lowest BCUT2D eigenvalue weighted by molar-refractivity contribution is -0.120. The second kappa shape index (κ2) is 10.7. The number of carbonyl (C=O) groups is 1. The molecule has 1 saturated carbocycles. The summed E-state index contributed by atoms with van der Waals surface area (Å²) in [5.41, 5.74) is 0.753. The molecule has 1 aromatic rings. The summed E-state index contributed by atoms with van der Waals surface area (Å²) in [6, 6.07) is 4.94. The van der Waals surface area contributed by atoms with Gasteiger partial charge in [0.1, 0.15) is 5.75 Å². The molecule has 1 aliphatic heterocycles. The van der Waals surface area contributed by atoms with E-state index < -0.39 is 10.0 Å². The first-order valence-electron chi connectivity index (χ1n) is 10.6. The minimum Gasteiger partial charge on any atom is -0.496 e. The van der Waals surface area contributed by atoms with Crippen molar-refractivity contribution < 1.29 is 17.9 Å². The zero-order valence-electron chi connectivity index (χ0n) is 17.2. The Hall–Kier alpha value is -1.25. The Morgan fingerprint density at radius 1 is 1.21 bits per heavy atom. The normalized spacial score (nSPS) is 18.2. The summed E-state index contributed by atoms with van der Waals surface area (Å²) in [6.45, 7) is 1.83. The maximum atomic E-state index is 12.8. The van der Waals surface area contributed by atoms with Crippen LogP contribution in [0.15, 0.2) is 23.1 Å². The average Bonchev–Trinajstić information content (AvgIpc) is 3.43. The number of benzene rings is 1. The number of nitrogens with one attached hydrogen (secondary N) is 1. The Kier molecular flexibility index (Phi) is 8.26. The zero-order valence-corrected chi connectivity index (χ0v) is 18.8. The molecule has 0 aromatic heterocycles. The van der Waals surface area contributed by atoms with E-state index >= 15 is 0 Å². The number of rotatable bonds is 10. The quantitative estimate of drug-likeness (QED) is 0.566. The van der Waals surface area contributed by atoms with Crippen molar-refractivity contribution in [3.8, 4) is 5.75 Å². The van der Waals surface area contributed by atoms with Gasteiger partial charge in [0.05, 0.1) is 12.0 Å². The highest BCUT2D eigenvalue weighted by atomic mass is 32.2. The molecule has 1 heterocycles. The number of hydrogen-bond acceptors (Lipinski definition) is 5. The van der Waals surface area contributed by atoms with Gasteiger partial charge in [-0.2, -0.15) is 16.1 Å². The first-order chi connectivity index (χ1) is 14.0. The molecule has 0 bridgehead atoms. The van der Waals surface area contributed by atoms with Crippen LogP contribution in [0.4, 0.5) is 0 Å². The molecule has 0 spiro atoms. The molecule has 8 heteroatoms. The summed E-state index contributed by atoms with van der Waals surface area (Å²) in [4.78, 5) is 12.5. The Morgan fingerprint density at radius 3 is 2.62 bits per heavy atom. The van der Waals surface area contributed by atoms with E-state index in [9.17, 15) is 13.2 Å². The fourth-order valence-electron chi connectivity index (χ4n) is 4.00. The molecular weight excluding hydrogens is 408 g/mol. The molecule has 0 unspecified atom stereocenters. The van der Waals surface area contributed by atoms with Crippen LogP contribution in [0.1, 0.15) is 50.5 Å². The van der Waals surface area contributed by atoms with Crippen molar-refractivity contribution in [2.45, 2.75) is 61.5 Å². The standard InChI is InChI=1S/C21H32N2O4S2/c1-27-20-10-9-19(29(25,26)23-13-4-5-14-23)16-17(20)8-11-21(24)22-12-15-28-18-6-2-3-7-18/h9-10,16,18H,2-8,11-15H2,1H3,(H,22,24). The molecule has 1 N–H and O–H groups in total. The second-order valence-electron chi connectivity index (χ2n) is 7.71. The average molecular weight is 441 g/mol. The molecule has 0 radical (unpaired) electrons. The molecule has 1 saturated heterocycles. The van der Waals surface area contributed by atoms with E-state index in [1.807, 2.05) is 11.8 Å². The molecular formula is C21H32N2O4S2. The Labute approximate surface area is 178 Å². The van der Waals surface area contributed by atoms with Crippen LogP contribution in [-0.2, 0) is 21.2 Å². The van der Waals surface area contributed by atoms with E-state index in [1.165, 1.54) is 30.0 Å². The van der Waals surface area contributed by atoms with Crippen LogP contribution >= 0.6 is 11.8 Å². The molecule has 29 heavy (non-hydrogen) atoms. The number of sulfonamides is 1. The van der Waals surface area contributed by atoms with Gasteiger partial charge in [0.15, 0.2) is 0 Å². The van der Waals surface area contributed by atoms with Gasteiger partial charge in [0, 0.05) is 37.1 Å². The van der Waals surface area contributed by atoms with Crippen LogP contribution in [0.25, 0.3) is 0 Å². The highest BCUT2D eigenvalue weighted by Crippen LogP contribution is 2.29. The maximum Gasteiger partial charge on any atom is 0.243 e. The lowest BCUT2D eigenvalue weighted by atomic mass is 10.1. The predicted molar refractivity (Wildman–Crippen MR) is 117 cm³/mol. The summed E-state index contributed by atoms with van der Waals surface area (Å²) < 4.78 is 32.5. The smallest absolute Gasteiger partial charge is 0.243 e. The number of amides is 1. The largest absolute Gasteiger partial charge is 0.496 e. The van der Waals surface area contributed by atoms with E-state index in [0.717, 1.165) is 29.4 Å². The van der Waals surface area contributed by atoms with Crippen LogP contribution < -0.4 is 10.1 Å². The van der Waals surface area contributed by atoms with Crippen molar-refractivity contribution in [3.05, 3.63) is 23.8 Å². The van der Waals surface area contributed by atoms with Gasteiger partial charge in [-0.15, -0.1) is 0 Å². The van der Waals surface area contributed by atoms with Crippen LogP contribution in [0.2, 0.25) is 0 Å². The molecule has 3 rings (SSSR count). The Morgan fingerprint density at radius 2 is 1.93 bits per heavy atom. The third kappa shape index (κ3) is 6.12. The minimum atomic E-state index is -3.48. The lowest BCUT2D eigenvalue weighted by Crippen LogP contribution is -2.28. The minimum absolute atomic E-state index is 0.00752. The second-order valence-corrected chi connectivity index (χ2v) is 11.1. The van der Waals surface area contributed by atoms with E-state index in [4.69, 9.17) is 4.74 Å². The van der Waals surface area contributed by atoms with E-state index in [1.54, 1.807) is 25.3 Å². The van der Waals surface area contributed by atoms with Gasteiger partial charge in [-0.05, 0) is 55.9 Å². The SMILES string of the molecule is COc1ccc(S(=O)(=O)N2CCCC2)cc1CCC(=O)NCCSC1CCCC1. The molecule has 0 atom stereocenters. The number of thioether (sulfide) groups is 1. The molecule has 2 aliphatic rings. The Balaban J connectivity index is 1.52. The molecule has 1 aliphatic carbocycles. The lowest BCUT2D eigenvalue weighted by Gasteiger charge is -2.17. The van der Waals surface area contributed by atoms with Gasteiger partial charge in [0.2, 0.25) is 15.9 Å². The van der Waals surface area contributed by atoms with Crippen molar-refractivity contribution in [3.63, 3.8) is 0 Å². The van der Waals surface area contributed by atoms with Gasteiger partial charge in [-0.25, -0.2) is 8.42 Å². The summed E-state index contributed by atoms with van der Waals surface area (Å²) in [6.07, 6.45) is 7.84. The zero-order chi connectivity index (χ0) is 20.7. The summed E-state index contributed by atoms with van der Waals surface area (Å²) in [7, 11) is -1.91. The molecule has 6 nitrogen and oxygen atoms in total. The van der Waals surface area contributed by atoms with Crippen molar-refractivity contribution in [2.75, 3.05) is 32.5 Å². The van der Waals surface area contributed by atoms with Crippen molar-refractivity contribution in [2.24, 2.45) is 0 Å². The first-order valence-corrected chi connectivity index (χ1v) is 13.0. The number of hydrogen-bond donors (Lipinski definition) is 1. The molecule has 1 amide bonds. The third-order valence-electron chi connectivity index (χ3n) is 5.66. The van der Waals surface area contributed by atoms with Crippen LogP contribution in [0, 0.1) is 0 Å². The number of aryl methyl sites for hydroxylation is 1. The van der Waals surface area contributed by atoms with E-state index in [-0.39, 0.29) is 10.8 Å². The highest BCUT2D eigenvalue weighted by molar-refractivity contribution is 7.99. The van der Waals surface area contributed by atoms with Gasteiger partial charge in [-0.3, -0.25) is 4.79 Å². The van der Waals surface area contributed by atoms with Gasteiger partial charge in [0.25, 0.3) is 0 Å². The fourth-order valence-corrected chi connectivity index (χ4v) is 6.78. The van der Waals surface area contributed by atoms with Crippen molar-refractivity contribution in [1.29, 1.82) is 0 Å². The van der Waals surface area contributed by atoms with Gasteiger partial charge < -0.3 is 10.1 Å². The number of nitrogens with zero attached hydrogens (tertiary/aromatic N) is 1. The highest BCUT2D eigenvalue weighted by Gasteiger charge is 2.27. The van der Waals surface area contributed by atoms with Crippen LogP contribution in [0.3, 0.4) is 0 Å². The summed E-state index contributed by atoms with van der Waals surface area (Å²) >= 11 is 1.96. The van der Waals surface area contributed by atoms with E-state index in [2.05, 4.69) is 5.32 Å². The maximum absolute atomic E-state index is 12.8. The topological polar surface area (TPSA) is 75.7 Å². The monoisotopic (exact) mass is 440 g/mol. The van der Waals surface area contributed by atoms with Gasteiger partial charge >= 0.3 is 0 Å². The number of ether oxygens (including phenoxy) is 1. The molecule has 162 valence electrons. The van der Waals surface area contributed by atoms with Crippen LogP contribution in [0.5, 0.6) is 5.75 Å². The third-order valence-corrected chi connectivity index (χ3v) is 8.93. The van der Waals surface area contributed by atoms with Crippen LogP contribution in [-0.4, -0.2) is 56.4 Å². The predicted octanol–water partition coefficient (Wildman–Crippen LogP) is 3.20. The van der Waals surface area contributed by atoms with Gasteiger partial charge in [-0.1, -0.05) is 12.8 Å². The fraction of sp³-hybridized carbons (Fsp3) is 0.667. The number of carbonyl (C=O) groups excluding carboxylic acids is 1. The van der Waals surface area contributed by atoms with Crippen molar-refractivity contribution >= 4 is 27.7 Å². The Bertz CT molecular complexity index is 786. The number of methoxy groups -OCH3 is 1. The van der Waals surface area contributed by atoms with Crippen molar-refractivity contribution in [1.82, 2.24) is 9.62 Å². The molecule has 1 aromatic carbocycles. The summed E-state index contributed by atoms with van der Waals surface area (Å²) in [5, 5.41) is 3.74. The molecule has 2 fully saturated rings.